The van der Waals surface area contributed by atoms with Gasteiger partial charge in [0.1, 0.15) is 9.85 Å². The summed E-state index contributed by atoms with van der Waals surface area (Å²) in [4.78, 5) is 30.1. The molecule has 0 unspecified atom stereocenters. The third kappa shape index (κ3) is 9.80. The van der Waals surface area contributed by atoms with Crippen LogP contribution in [0.1, 0.15) is 90.4 Å². The lowest BCUT2D eigenvalue weighted by Crippen LogP contribution is -2.47. The van der Waals surface area contributed by atoms with Crippen molar-refractivity contribution in [1.29, 1.82) is 0 Å². The van der Waals surface area contributed by atoms with E-state index in [1.54, 1.807) is 0 Å². The topological polar surface area (TPSA) is 103 Å². The van der Waals surface area contributed by atoms with E-state index in [1.807, 2.05) is 0 Å². The van der Waals surface area contributed by atoms with Crippen LogP contribution in [0.15, 0.2) is 0 Å². The maximum atomic E-state index is 10.8. The van der Waals surface area contributed by atoms with Crippen molar-refractivity contribution >= 4 is 6.29 Å². The molecule has 0 amide bonds. The van der Waals surface area contributed by atoms with Crippen molar-refractivity contribution in [1.82, 2.24) is 0 Å². The van der Waals surface area contributed by atoms with E-state index in [9.17, 15) is 25.0 Å². The van der Waals surface area contributed by atoms with E-state index in [0.717, 1.165) is 32.1 Å². The van der Waals surface area contributed by atoms with Gasteiger partial charge in [0, 0.05) is 12.8 Å². The number of hydrogen-bond donors (Lipinski definition) is 0. The average molecular weight is 354 g/mol. The summed E-state index contributed by atoms with van der Waals surface area (Å²) in [6.07, 6.45) is 11.3. The fourth-order valence-electron chi connectivity index (χ4n) is 2.52. The number of nitro groups is 2. The Hall–Kier alpha value is -1.97. The molecule has 0 aromatic rings. The van der Waals surface area contributed by atoms with Gasteiger partial charge >= 0.3 is 5.66 Å². The summed E-state index contributed by atoms with van der Waals surface area (Å²) in [6.45, 7) is 2.20. The predicted molar refractivity (Wildman–Crippen MR) is 96.3 cm³/mol. The van der Waals surface area contributed by atoms with Crippen LogP contribution in [0.3, 0.4) is 0 Å². The zero-order chi connectivity index (χ0) is 19.0. The molecule has 0 saturated carbocycles. The zero-order valence-corrected chi connectivity index (χ0v) is 15.2. The van der Waals surface area contributed by atoms with Gasteiger partial charge in [-0.3, -0.25) is 25.0 Å². The molecule has 25 heavy (non-hydrogen) atoms. The van der Waals surface area contributed by atoms with E-state index in [0.29, 0.717) is 6.42 Å². The third-order valence-corrected chi connectivity index (χ3v) is 4.20. The van der Waals surface area contributed by atoms with Gasteiger partial charge in [0.05, 0.1) is 6.42 Å². The van der Waals surface area contributed by atoms with Gasteiger partial charge < -0.3 is 0 Å². The van der Waals surface area contributed by atoms with Crippen LogP contribution in [0, 0.1) is 32.1 Å². The van der Waals surface area contributed by atoms with Crippen LogP contribution in [0.5, 0.6) is 0 Å². The first-order chi connectivity index (χ1) is 12.0. The summed E-state index contributed by atoms with van der Waals surface area (Å²) in [7, 11) is 0. The molecule has 0 aliphatic carbocycles. The SMILES string of the molecule is CCCCCCCCC#CCCCCCCC(C=O)([N+](=O)[O-])[N+](=O)[O-]. The number of nitrogens with zero attached hydrogens (tertiary/aromatic N) is 2. The van der Waals surface area contributed by atoms with Crippen molar-refractivity contribution in [3.05, 3.63) is 20.2 Å². The van der Waals surface area contributed by atoms with Crippen LogP contribution >= 0.6 is 0 Å². The maximum Gasteiger partial charge on any atom is 0.512 e. The van der Waals surface area contributed by atoms with E-state index >= 15 is 0 Å². The van der Waals surface area contributed by atoms with Gasteiger partial charge in [0.15, 0.2) is 0 Å². The van der Waals surface area contributed by atoms with Crippen molar-refractivity contribution in [2.75, 3.05) is 0 Å². The fourth-order valence-corrected chi connectivity index (χ4v) is 2.52. The summed E-state index contributed by atoms with van der Waals surface area (Å²) in [5.74, 6) is 6.28. The van der Waals surface area contributed by atoms with E-state index in [4.69, 9.17) is 0 Å². The van der Waals surface area contributed by atoms with Crippen LogP contribution in [0.2, 0.25) is 0 Å². The van der Waals surface area contributed by atoms with Gasteiger partial charge in [-0.2, -0.15) is 0 Å². The van der Waals surface area contributed by atoms with Crippen LogP contribution in [-0.4, -0.2) is 21.8 Å². The number of unbranched alkanes of at least 4 members (excludes halogenated alkanes) is 10. The number of rotatable bonds is 15. The molecule has 0 bridgehead atoms. The molecular weight excluding hydrogens is 324 g/mol. The summed E-state index contributed by atoms with van der Waals surface area (Å²) in [5, 5.41) is 21.5. The largest absolute Gasteiger partial charge is 0.512 e. The smallest absolute Gasteiger partial charge is 0.287 e. The highest BCUT2D eigenvalue weighted by Gasteiger charge is 2.55. The molecule has 0 atom stereocenters. The molecule has 142 valence electrons. The minimum Gasteiger partial charge on any atom is -0.287 e. The summed E-state index contributed by atoms with van der Waals surface area (Å²) in [6, 6.07) is 0. The Bertz CT molecular complexity index is 454. The molecule has 0 N–H and O–H groups in total. The summed E-state index contributed by atoms with van der Waals surface area (Å²) >= 11 is 0. The van der Waals surface area contributed by atoms with Crippen molar-refractivity contribution in [2.45, 2.75) is 96.1 Å². The number of carbonyl (C=O) groups excluding carboxylic acids is 1. The lowest BCUT2D eigenvalue weighted by molar-refractivity contribution is -0.774. The summed E-state index contributed by atoms with van der Waals surface area (Å²) < 4.78 is 0. The van der Waals surface area contributed by atoms with Crippen molar-refractivity contribution < 1.29 is 14.6 Å². The minimum atomic E-state index is -2.68. The van der Waals surface area contributed by atoms with E-state index < -0.39 is 15.5 Å². The van der Waals surface area contributed by atoms with Crippen molar-refractivity contribution in [2.24, 2.45) is 0 Å². The van der Waals surface area contributed by atoms with Gasteiger partial charge in [-0.1, -0.05) is 51.9 Å². The highest BCUT2D eigenvalue weighted by molar-refractivity contribution is 5.59. The Morgan fingerprint density at radius 2 is 1.24 bits per heavy atom. The fraction of sp³-hybridized carbons (Fsp3) is 0.833. The zero-order valence-electron chi connectivity index (χ0n) is 15.2. The second-order valence-corrected chi connectivity index (χ2v) is 6.30. The van der Waals surface area contributed by atoms with Crippen molar-refractivity contribution in [3.63, 3.8) is 0 Å². The maximum absolute atomic E-state index is 10.8. The van der Waals surface area contributed by atoms with E-state index in [2.05, 4.69) is 18.8 Å². The molecule has 0 saturated heterocycles. The van der Waals surface area contributed by atoms with Gasteiger partial charge in [0.2, 0.25) is 0 Å². The van der Waals surface area contributed by atoms with Crippen LogP contribution in [0.4, 0.5) is 0 Å². The number of hydrogen-bond acceptors (Lipinski definition) is 5. The molecule has 0 heterocycles. The lowest BCUT2D eigenvalue weighted by atomic mass is 10.0. The van der Waals surface area contributed by atoms with Crippen molar-refractivity contribution in [3.8, 4) is 11.8 Å². The number of aldehydes is 1. The normalized spacial score (nSPS) is 10.8. The molecule has 0 aliphatic heterocycles. The Morgan fingerprint density at radius 1 is 0.800 bits per heavy atom. The van der Waals surface area contributed by atoms with Gasteiger partial charge in [-0.05, 0) is 19.3 Å². The molecule has 0 aromatic carbocycles. The first-order valence-electron chi connectivity index (χ1n) is 9.22. The Kier molecular flexibility index (Phi) is 13.2. The highest BCUT2D eigenvalue weighted by atomic mass is 16.7. The molecule has 7 nitrogen and oxygen atoms in total. The van der Waals surface area contributed by atoms with E-state index in [-0.39, 0.29) is 19.1 Å². The predicted octanol–water partition coefficient (Wildman–Crippen LogP) is 4.53. The molecule has 0 aromatic heterocycles. The second kappa shape index (κ2) is 14.4. The highest BCUT2D eigenvalue weighted by Crippen LogP contribution is 2.18. The van der Waals surface area contributed by atoms with Crippen LogP contribution in [-0.2, 0) is 4.79 Å². The second-order valence-electron chi connectivity index (χ2n) is 6.30. The van der Waals surface area contributed by atoms with Crippen LogP contribution < -0.4 is 0 Å². The molecule has 0 radical (unpaired) electrons. The minimum absolute atomic E-state index is 0.166. The Morgan fingerprint density at radius 3 is 1.68 bits per heavy atom. The van der Waals surface area contributed by atoms with Gasteiger partial charge in [-0.15, -0.1) is 11.8 Å². The monoisotopic (exact) mass is 354 g/mol. The first kappa shape index (κ1) is 23.0. The first-order valence-corrected chi connectivity index (χ1v) is 9.22. The molecule has 0 fully saturated rings. The molecule has 7 heteroatoms. The van der Waals surface area contributed by atoms with E-state index in [1.165, 1.54) is 32.1 Å². The Labute approximate surface area is 149 Å². The standard InChI is InChI=1S/C18H30N2O5/c1-2-3-4-5-6-7-8-9-10-11-12-13-14-15-16-18(17-21,19(22)23)20(24)25/h17H,2-8,11-16H2,1H3. The Balaban J connectivity index is 3.71. The molecule has 0 aliphatic rings. The van der Waals surface area contributed by atoms with Crippen LogP contribution in [0.25, 0.3) is 0 Å². The number of carbonyl (C=O) groups is 1. The third-order valence-electron chi connectivity index (χ3n) is 4.20. The van der Waals surface area contributed by atoms with Gasteiger partial charge in [0.25, 0.3) is 6.29 Å². The molecular formula is C18H30N2O5. The average Bonchev–Trinajstić information content (AvgIpc) is 2.58. The molecule has 0 rings (SSSR count). The molecule has 0 spiro atoms. The summed E-state index contributed by atoms with van der Waals surface area (Å²) in [5.41, 5.74) is -2.68. The lowest BCUT2D eigenvalue weighted by Gasteiger charge is -2.10. The quantitative estimate of drug-likeness (QED) is 0.107. The van der Waals surface area contributed by atoms with Gasteiger partial charge in [-0.25, -0.2) is 0 Å².